The van der Waals surface area contributed by atoms with Gasteiger partial charge in [-0.15, -0.1) is 0 Å². The minimum atomic E-state index is -0.332. The van der Waals surface area contributed by atoms with Crippen molar-refractivity contribution >= 4 is 29.1 Å². The molecular formula is C20H23ClN2O3. The van der Waals surface area contributed by atoms with E-state index in [0.717, 1.165) is 5.56 Å². The summed E-state index contributed by atoms with van der Waals surface area (Å²) in [7, 11) is 0. The predicted molar refractivity (Wildman–Crippen MR) is 104 cm³/mol. The van der Waals surface area contributed by atoms with E-state index in [9.17, 15) is 9.59 Å². The highest BCUT2D eigenvalue weighted by molar-refractivity contribution is 6.31. The third kappa shape index (κ3) is 6.08. The van der Waals surface area contributed by atoms with Crippen LogP contribution in [0.4, 0.5) is 5.69 Å². The number of hydrogen-bond acceptors (Lipinski definition) is 3. The van der Waals surface area contributed by atoms with E-state index in [-0.39, 0.29) is 24.0 Å². The Labute approximate surface area is 158 Å². The number of anilines is 1. The first-order valence-corrected chi connectivity index (χ1v) is 8.63. The topological polar surface area (TPSA) is 67.4 Å². The molecular weight excluding hydrogens is 352 g/mol. The fraction of sp³-hybridized carbons (Fsp3) is 0.300. The molecule has 0 fully saturated rings. The molecule has 2 aromatic carbocycles. The Hall–Kier alpha value is -2.53. The Morgan fingerprint density at radius 1 is 1.12 bits per heavy atom. The minimum absolute atomic E-state index is 0.139. The number of aryl methyl sites for hydroxylation is 1. The molecule has 0 aliphatic rings. The lowest BCUT2D eigenvalue weighted by molar-refractivity contribution is -0.118. The van der Waals surface area contributed by atoms with Gasteiger partial charge >= 0.3 is 0 Å². The molecule has 6 heteroatoms. The van der Waals surface area contributed by atoms with E-state index in [1.54, 1.807) is 42.5 Å². The van der Waals surface area contributed by atoms with Crippen molar-refractivity contribution < 1.29 is 14.3 Å². The lowest BCUT2D eigenvalue weighted by Gasteiger charge is -2.20. The van der Waals surface area contributed by atoms with E-state index >= 15 is 0 Å². The van der Waals surface area contributed by atoms with Crippen LogP contribution < -0.4 is 15.4 Å². The summed E-state index contributed by atoms with van der Waals surface area (Å²) in [6.07, 6.45) is 0. The number of hydrogen-bond donors (Lipinski definition) is 2. The maximum absolute atomic E-state index is 12.2. The maximum atomic E-state index is 12.2. The van der Waals surface area contributed by atoms with Gasteiger partial charge < -0.3 is 15.4 Å². The molecule has 5 nitrogen and oxygen atoms in total. The summed E-state index contributed by atoms with van der Waals surface area (Å²) >= 11 is 5.96. The molecule has 0 unspecified atom stereocenters. The normalized spacial score (nSPS) is 11.0. The van der Waals surface area contributed by atoms with Crippen molar-refractivity contribution in [3.8, 4) is 5.75 Å². The van der Waals surface area contributed by atoms with Crippen molar-refractivity contribution in [3.63, 3.8) is 0 Å². The number of rotatable bonds is 5. The van der Waals surface area contributed by atoms with Gasteiger partial charge in [-0.25, -0.2) is 0 Å². The van der Waals surface area contributed by atoms with Crippen molar-refractivity contribution in [1.82, 2.24) is 5.32 Å². The van der Waals surface area contributed by atoms with Crippen molar-refractivity contribution in [3.05, 3.63) is 58.6 Å². The number of benzene rings is 2. The average molecular weight is 375 g/mol. The molecule has 2 N–H and O–H groups in total. The average Bonchev–Trinajstić information content (AvgIpc) is 2.54. The van der Waals surface area contributed by atoms with Crippen molar-refractivity contribution in [2.75, 3.05) is 11.9 Å². The van der Waals surface area contributed by atoms with Crippen LogP contribution in [0.5, 0.6) is 5.75 Å². The first-order valence-electron chi connectivity index (χ1n) is 8.25. The minimum Gasteiger partial charge on any atom is -0.484 e. The number of carbonyl (C=O) groups excluding carboxylic acids is 2. The lowest BCUT2D eigenvalue weighted by atomic mass is 10.1. The van der Waals surface area contributed by atoms with Crippen LogP contribution in [0.2, 0.25) is 5.02 Å². The molecule has 0 bridgehead atoms. The van der Waals surface area contributed by atoms with Crippen LogP contribution in [0.1, 0.15) is 36.7 Å². The smallest absolute Gasteiger partial charge is 0.262 e. The molecule has 138 valence electrons. The van der Waals surface area contributed by atoms with Crippen molar-refractivity contribution in [2.24, 2.45) is 0 Å². The summed E-state index contributed by atoms with van der Waals surface area (Å²) in [5.41, 5.74) is 1.56. The van der Waals surface area contributed by atoms with Gasteiger partial charge in [0.1, 0.15) is 5.75 Å². The molecule has 26 heavy (non-hydrogen) atoms. The second-order valence-electron chi connectivity index (χ2n) is 7.03. The second kappa shape index (κ2) is 8.23. The molecule has 0 aliphatic carbocycles. The van der Waals surface area contributed by atoms with Crippen LogP contribution in [0.25, 0.3) is 0 Å². The SMILES string of the molecule is Cc1cc(OCC(=O)Nc2cccc(C(=O)NC(C)(C)C)c2)ccc1Cl. The molecule has 0 heterocycles. The Bertz CT molecular complexity index is 813. The Morgan fingerprint density at radius 2 is 1.85 bits per heavy atom. The Morgan fingerprint density at radius 3 is 2.50 bits per heavy atom. The van der Waals surface area contributed by atoms with Gasteiger partial charge in [-0.1, -0.05) is 17.7 Å². The molecule has 2 rings (SSSR count). The number of halogens is 1. The van der Waals surface area contributed by atoms with E-state index < -0.39 is 0 Å². The van der Waals surface area contributed by atoms with E-state index in [1.165, 1.54) is 0 Å². The van der Waals surface area contributed by atoms with Crippen molar-refractivity contribution in [1.29, 1.82) is 0 Å². The molecule has 0 saturated carbocycles. The van der Waals surface area contributed by atoms with Gasteiger partial charge in [0.25, 0.3) is 11.8 Å². The zero-order chi connectivity index (χ0) is 19.3. The molecule has 0 spiro atoms. The lowest BCUT2D eigenvalue weighted by Crippen LogP contribution is -2.40. The molecule has 0 aromatic heterocycles. The molecule has 0 radical (unpaired) electrons. The quantitative estimate of drug-likeness (QED) is 0.824. The van der Waals surface area contributed by atoms with Gasteiger partial charge in [0, 0.05) is 21.8 Å². The third-order valence-electron chi connectivity index (χ3n) is 3.40. The van der Waals surface area contributed by atoms with Gasteiger partial charge in [0.05, 0.1) is 0 Å². The summed E-state index contributed by atoms with van der Waals surface area (Å²) in [6, 6.07) is 12.0. The molecule has 0 saturated heterocycles. The monoisotopic (exact) mass is 374 g/mol. The highest BCUT2D eigenvalue weighted by Crippen LogP contribution is 2.21. The van der Waals surface area contributed by atoms with Gasteiger partial charge in [-0.05, 0) is 69.7 Å². The zero-order valence-electron chi connectivity index (χ0n) is 15.4. The number of carbonyl (C=O) groups is 2. The van der Waals surface area contributed by atoms with Gasteiger partial charge in [-0.2, -0.15) is 0 Å². The third-order valence-corrected chi connectivity index (χ3v) is 3.82. The first-order chi connectivity index (χ1) is 12.1. The Balaban J connectivity index is 1.95. The predicted octanol–water partition coefficient (Wildman–Crippen LogP) is 4.19. The van der Waals surface area contributed by atoms with Gasteiger partial charge in [0.2, 0.25) is 0 Å². The zero-order valence-corrected chi connectivity index (χ0v) is 16.1. The van der Waals surface area contributed by atoms with Crippen LogP contribution in [0.3, 0.4) is 0 Å². The molecule has 0 aliphatic heterocycles. The van der Waals surface area contributed by atoms with Gasteiger partial charge in [-0.3, -0.25) is 9.59 Å². The van der Waals surface area contributed by atoms with Crippen molar-refractivity contribution in [2.45, 2.75) is 33.2 Å². The molecule has 2 aromatic rings. The standard InChI is InChI=1S/C20H23ClN2O3/c1-13-10-16(8-9-17(13)21)26-12-18(24)22-15-7-5-6-14(11-15)19(25)23-20(2,3)4/h5-11H,12H2,1-4H3,(H,22,24)(H,23,25). The maximum Gasteiger partial charge on any atom is 0.262 e. The first kappa shape index (κ1) is 19.8. The number of amides is 2. The largest absolute Gasteiger partial charge is 0.484 e. The highest BCUT2D eigenvalue weighted by atomic mass is 35.5. The number of ether oxygens (including phenoxy) is 1. The summed E-state index contributed by atoms with van der Waals surface area (Å²) in [4.78, 5) is 24.3. The summed E-state index contributed by atoms with van der Waals surface area (Å²) in [5, 5.41) is 6.26. The van der Waals surface area contributed by atoms with Gasteiger partial charge in [0.15, 0.2) is 6.61 Å². The van der Waals surface area contributed by atoms with Crippen LogP contribution >= 0.6 is 11.6 Å². The van der Waals surface area contributed by atoms with Crippen LogP contribution in [0.15, 0.2) is 42.5 Å². The number of nitrogens with one attached hydrogen (secondary N) is 2. The molecule has 0 atom stereocenters. The van der Waals surface area contributed by atoms with E-state index in [1.807, 2.05) is 27.7 Å². The Kier molecular flexibility index (Phi) is 6.27. The fourth-order valence-corrected chi connectivity index (χ4v) is 2.32. The van der Waals surface area contributed by atoms with E-state index in [2.05, 4.69) is 10.6 Å². The summed E-state index contributed by atoms with van der Waals surface area (Å²) in [6.45, 7) is 7.45. The summed E-state index contributed by atoms with van der Waals surface area (Å²) in [5.74, 6) is 0.0628. The second-order valence-corrected chi connectivity index (χ2v) is 7.44. The van der Waals surface area contributed by atoms with Crippen LogP contribution in [-0.2, 0) is 4.79 Å². The summed E-state index contributed by atoms with van der Waals surface area (Å²) < 4.78 is 5.47. The fourth-order valence-electron chi connectivity index (χ4n) is 2.20. The highest BCUT2D eigenvalue weighted by Gasteiger charge is 2.15. The molecule has 2 amide bonds. The van der Waals surface area contributed by atoms with E-state index in [0.29, 0.717) is 22.0 Å². The van der Waals surface area contributed by atoms with E-state index in [4.69, 9.17) is 16.3 Å². The van der Waals surface area contributed by atoms with Crippen LogP contribution in [0, 0.1) is 6.92 Å². The van der Waals surface area contributed by atoms with Crippen LogP contribution in [-0.4, -0.2) is 24.0 Å².